The van der Waals surface area contributed by atoms with E-state index in [-0.39, 0.29) is 18.4 Å². The molecule has 0 aliphatic heterocycles. The molecule has 1 unspecified atom stereocenters. The Balaban J connectivity index is 0.00000280. The van der Waals surface area contributed by atoms with Crippen LogP contribution in [0, 0.1) is 0 Å². The van der Waals surface area contributed by atoms with E-state index < -0.39 is 0 Å². The Kier molecular flexibility index (Phi) is 8.11. The molecule has 3 aromatic rings. The molecule has 3 rings (SSSR count). The summed E-state index contributed by atoms with van der Waals surface area (Å²) in [6, 6.07) is 13.3. The molecule has 1 heterocycles. The number of hydrogen-bond acceptors (Lipinski definition) is 6. The maximum Gasteiger partial charge on any atom is 0.258 e. The van der Waals surface area contributed by atoms with Crippen molar-refractivity contribution >= 4 is 24.0 Å². The standard InChI is InChI=1S/C20H22ClN3O3.ClH/c1-13(22-2)10-19-23-20(27-24-19)14-8-9-17(18(11-14)25-3)26-12-15-6-4-5-7-16(15)21;/h4-9,11,13,22H,10,12H2,1-3H3;1H. The van der Waals surface area contributed by atoms with E-state index in [1.807, 2.05) is 49.5 Å². The van der Waals surface area contributed by atoms with E-state index in [0.29, 0.717) is 41.3 Å². The van der Waals surface area contributed by atoms with E-state index in [1.165, 1.54) is 0 Å². The van der Waals surface area contributed by atoms with Crippen LogP contribution >= 0.6 is 24.0 Å². The zero-order valence-corrected chi connectivity index (χ0v) is 17.5. The summed E-state index contributed by atoms with van der Waals surface area (Å²) in [4.78, 5) is 4.45. The molecule has 1 aromatic heterocycles. The van der Waals surface area contributed by atoms with Crippen LogP contribution in [0.1, 0.15) is 18.3 Å². The van der Waals surface area contributed by atoms with Gasteiger partial charge in [0.25, 0.3) is 5.89 Å². The predicted octanol–water partition coefficient (Wildman–Crippen LogP) is 4.55. The first kappa shape index (κ1) is 22.0. The molecule has 0 spiro atoms. The summed E-state index contributed by atoms with van der Waals surface area (Å²) in [6.07, 6.45) is 0.691. The van der Waals surface area contributed by atoms with Crippen molar-refractivity contribution in [3.8, 4) is 23.0 Å². The SMILES string of the molecule is CNC(C)Cc1noc(-c2ccc(OCc3ccccc3Cl)c(OC)c2)n1.Cl. The van der Waals surface area contributed by atoms with Crippen molar-refractivity contribution in [3.63, 3.8) is 0 Å². The summed E-state index contributed by atoms with van der Waals surface area (Å²) < 4.78 is 16.7. The van der Waals surface area contributed by atoms with Gasteiger partial charge >= 0.3 is 0 Å². The van der Waals surface area contributed by atoms with Crippen molar-refractivity contribution < 1.29 is 14.0 Å². The van der Waals surface area contributed by atoms with Crippen LogP contribution < -0.4 is 14.8 Å². The Bertz CT molecular complexity index is 902. The van der Waals surface area contributed by atoms with Gasteiger partial charge in [-0.1, -0.05) is 35.0 Å². The maximum absolute atomic E-state index is 6.17. The molecule has 0 aliphatic rings. The van der Waals surface area contributed by atoms with Crippen molar-refractivity contribution in [1.82, 2.24) is 15.5 Å². The summed E-state index contributed by atoms with van der Waals surface area (Å²) in [5.41, 5.74) is 1.68. The molecular weight excluding hydrogens is 401 g/mol. The first-order valence-electron chi connectivity index (χ1n) is 8.65. The van der Waals surface area contributed by atoms with Crippen molar-refractivity contribution in [2.45, 2.75) is 26.0 Å². The number of aromatic nitrogens is 2. The molecule has 0 saturated heterocycles. The summed E-state index contributed by atoms with van der Waals surface area (Å²) in [6.45, 7) is 2.41. The highest BCUT2D eigenvalue weighted by atomic mass is 35.5. The third-order valence-electron chi connectivity index (χ3n) is 4.20. The highest BCUT2D eigenvalue weighted by Gasteiger charge is 2.14. The number of methoxy groups -OCH3 is 1. The van der Waals surface area contributed by atoms with Gasteiger partial charge < -0.3 is 19.3 Å². The lowest BCUT2D eigenvalue weighted by molar-refractivity contribution is 0.284. The topological polar surface area (TPSA) is 69.4 Å². The summed E-state index contributed by atoms with van der Waals surface area (Å²) in [5, 5.41) is 7.85. The van der Waals surface area contributed by atoms with Gasteiger partial charge in [0, 0.05) is 28.6 Å². The molecule has 0 radical (unpaired) electrons. The van der Waals surface area contributed by atoms with Crippen LogP contribution in [-0.4, -0.2) is 30.3 Å². The van der Waals surface area contributed by atoms with Gasteiger partial charge in [0.1, 0.15) is 6.61 Å². The Morgan fingerprint density at radius 1 is 1.18 bits per heavy atom. The van der Waals surface area contributed by atoms with Crippen molar-refractivity contribution in [2.24, 2.45) is 0 Å². The molecule has 2 aromatic carbocycles. The number of hydrogen-bond donors (Lipinski definition) is 1. The van der Waals surface area contributed by atoms with Gasteiger partial charge in [-0.3, -0.25) is 0 Å². The van der Waals surface area contributed by atoms with Crippen LogP contribution in [0.3, 0.4) is 0 Å². The lowest BCUT2D eigenvalue weighted by Gasteiger charge is -2.12. The Morgan fingerprint density at radius 2 is 1.96 bits per heavy atom. The number of likely N-dealkylation sites (N-methyl/N-ethyl adjacent to an activating group) is 1. The van der Waals surface area contributed by atoms with Gasteiger partial charge in [0.05, 0.1) is 7.11 Å². The number of halogens is 2. The Morgan fingerprint density at radius 3 is 2.68 bits per heavy atom. The zero-order valence-electron chi connectivity index (χ0n) is 15.9. The minimum Gasteiger partial charge on any atom is -0.493 e. The molecule has 8 heteroatoms. The summed E-state index contributed by atoms with van der Waals surface area (Å²) in [7, 11) is 3.49. The minimum absolute atomic E-state index is 0. The number of nitrogens with one attached hydrogen (secondary N) is 1. The number of ether oxygens (including phenoxy) is 2. The fourth-order valence-corrected chi connectivity index (χ4v) is 2.71. The van der Waals surface area contributed by atoms with Gasteiger partial charge in [-0.25, -0.2) is 0 Å². The average Bonchev–Trinajstić information content (AvgIpc) is 3.15. The van der Waals surface area contributed by atoms with Crippen molar-refractivity contribution in [2.75, 3.05) is 14.2 Å². The van der Waals surface area contributed by atoms with Crippen molar-refractivity contribution in [1.29, 1.82) is 0 Å². The smallest absolute Gasteiger partial charge is 0.258 e. The molecule has 28 heavy (non-hydrogen) atoms. The van der Waals surface area contributed by atoms with Gasteiger partial charge in [-0.15, -0.1) is 12.4 Å². The van der Waals surface area contributed by atoms with E-state index in [2.05, 4.69) is 22.4 Å². The van der Waals surface area contributed by atoms with E-state index in [4.69, 9.17) is 25.6 Å². The molecule has 1 atom stereocenters. The molecule has 1 N–H and O–H groups in total. The quantitative estimate of drug-likeness (QED) is 0.572. The number of rotatable bonds is 8. The largest absolute Gasteiger partial charge is 0.493 e. The normalized spacial score (nSPS) is 11.6. The maximum atomic E-state index is 6.17. The Hall–Kier alpha value is -2.28. The van der Waals surface area contributed by atoms with Crippen LogP contribution in [0.4, 0.5) is 0 Å². The third-order valence-corrected chi connectivity index (χ3v) is 4.57. The molecule has 0 fully saturated rings. The predicted molar refractivity (Wildman–Crippen MR) is 112 cm³/mol. The van der Waals surface area contributed by atoms with Gasteiger partial charge in [-0.05, 0) is 38.2 Å². The van der Waals surface area contributed by atoms with Crippen LogP contribution in [0.25, 0.3) is 11.5 Å². The summed E-state index contributed by atoms with van der Waals surface area (Å²) >= 11 is 6.17. The fraction of sp³-hybridized carbons (Fsp3) is 0.300. The molecule has 150 valence electrons. The lowest BCUT2D eigenvalue weighted by atomic mass is 10.2. The second-order valence-electron chi connectivity index (χ2n) is 6.16. The molecular formula is C20H23Cl2N3O3. The monoisotopic (exact) mass is 423 g/mol. The van der Waals surface area contributed by atoms with Gasteiger partial charge in [-0.2, -0.15) is 4.98 Å². The lowest BCUT2D eigenvalue weighted by Crippen LogP contribution is -2.24. The molecule has 0 bridgehead atoms. The van der Waals surface area contributed by atoms with E-state index in [1.54, 1.807) is 7.11 Å². The Labute approximate surface area is 175 Å². The van der Waals surface area contributed by atoms with E-state index in [9.17, 15) is 0 Å². The van der Waals surface area contributed by atoms with Crippen LogP contribution in [0.5, 0.6) is 11.5 Å². The first-order valence-corrected chi connectivity index (χ1v) is 9.03. The first-order chi connectivity index (χ1) is 13.1. The average molecular weight is 424 g/mol. The minimum atomic E-state index is 0. The molecule has 0 aliphatic carbocycles. The molecule has 6 nitrogen and oxygen atoms in total. The van der Waals surface area contributed by atoms with Crippen LogP contribution in [0.2, 0.25) is 5.02 Å². The fourth-order valence-electron chi connectivity index (χ4n) is 2.52. The second kappa shape index (κ2) is 10.3. The molecule has 0 saturated carbocycles. The highest BCUT2D eigenvalue weighted by Crippen LogP contribution is 2.33. The second-order valence-corrected chi connectivity index (χ2v) is 6.56. The van der Waals surface area contributed by atoms with Crippen molar-refractivity contribution in [3.05, 3.63) is 58.9 Å². The van der Waals surface area contributed by atoms with Crippen LogP contribution in [0.15, 0.2) is 47.0 Å². The van der Waals surface area contributed by atoms with E-state index in [0.717, 1.165) is 11.1 Å². The number of nitrogens with zero attached hydrogens (tertiary/aromatic N) is 2. The van der Waals surface area contributed by atoms with Crippen LogP contribution in [-0.2, 0) is 13.0 Å². The zero-order chi connectivity index (χ0) is 19.2. The third kappa shape index (κ3) is 5.38. The highest BCUT2D eigenvalue weighted by molar-refractivity contribution is 6.31. The van der Waals surface area contributed by atoms with Gasteiger partial charge in [0.15, 0.2) is 17.3 Å². The summed E-state index contributed by atoms with van der Waals surface area (Å²) in [5.74, 6) is 2.31. The number of benzene rings is 2. The van der Waals surface area contributed by atoms with E-state index >= 15 is 0 Å². The molecule has 0 amide bonds. The van der Waals surface area contributed by atoms with Gasteiger partial charge in [0.2, 0.25) is 0 Å².